The molecule has 3 aliphatic rings. The van der Waals surface area contributed by atoms with Crippen LogP contribution in [-0.4, -0.2) is 72.0 Å². The fourth-order valence-electron chi connectivity index (χ4n) is 4.80. The van der Waals surface area contributed by atoms with Crippen molar-refractivity contribution in [3.8, 4) is 0 Å². The Morgan fingerprint density at radius 1 is 1.09 bits per heavy atom. The van der Waals surface area contributed by atoms with Gasteiger partial charge in [0.2, 0.25) is 5.91 Å². The summed E-state index contributed by atoms with van der Waals surface area (Å²) in [7, 11) is 0. The summed E-state index contributed by atoms with van der Waals surface area (Å²) in [6, 6.07) is 4.98. The molecule has 0 aliphatic carbocycles. The van der Waals surface area contributed by atoms with E-state index in [4.69, 9.17) is 23.2 Å². The van der Waals surface area contributed by atoms with Crippen molar-refractivity contribution in [2.75, 3.05) is 49.5 Å². The number of anilines is 2. The third-order valence-corrected chi connectivity index (χ3v) is 7.95. The number of nitrogens with zero attached hydrogens (tertiary/aromatic N) is 4. The predicted octanol–water partition coefficient (Wildman–Crippen LogP) is 3.78. The van der Waals surface area contributed by atoms with Gasteiger partial charge < -0.3 is 15.1 Å². The Hall–Kier alpha value is -2.56. The largest absolute Gasteiger partial charge is 0.343 e. The first-order chi connectivity index (χ1) is 16.3. The standard InChI is InChI=1S/C22H24Cl2N6O3S/c23-14-2-3-16-15(10-14)22(13-30(16)21(33)27-19-26-11-17(24)34-19)5-9-29(12-22)20(32)25-6-4-18(31)28-7-1-8-28/h2-3,10-11H,1,4-9,12-13H2,(H,25,32)(H,26,27,33). The maximum atomic E-state index is 13.1. The molecule has 0 radical (unpaired) electrons. The highest BCUT2D eigenvalue weighted by molar-refractivity contribution is 7.19. The molecule has 1 atom stereocenters. The number of hydrogen-bond donors (Lipinski definition) is 2. The van der Waals surface area contributed by atoms with Crippen molar-refractivity contribution in [2.45, 2.75) is 24.7 Å². The van der Waals surface area contributed by atoms with Crippen molar-refractivity contribution in [1.82, 2.24) is 20.1 Å². The molecule has 2 fully saturated rings. The van der Waals surface area contributed by atoms with Gasteiger partial charge in [0.1, 0.15) is 4.34 Å². The van der Waals surface area contributed by atoms with E-state index in [9.17, 15) is 14.4 Å². The molecule has 34 heavy (non-hydrogen) atoms. The van der Waals surface area contributed by atoms with E-state index in [2.05, 4.69) is 15.6 Å². The van der Waals surface area contributed by atoms with Crippen LogP contribution < -0.4 is 15.5 Å². The molecule has 5 rings (SSSR count). The molecule has 4 heterocycles. The molecule has 1 unspecified atom stereocenters. The number of urea groups is 2. The Bertz CT molecular complexity index is 1140. The summed E-state index contributed by atoms with van der Waals surface area (Å²) in [5.41, 5.74) is 1.31. The molecule has 3 aliphatic heterocycles. The molecule has 2 saturated heterocycles. The van der Waals surface area contributed by atoms with Gasteiger partial charge >= 0.3 is 12.1 Å². The Kier molecular flexibility index (Phi) is 6.30. The number of carbonyl (C=O) groups excluding carboxylic acids is 3. The predicted molar refractivity (Wildman–Crippen MR) is 132 cm³/mol. The Morgan fingerprint density at radius 3 is 2.62 bits per heavy atom. The zero-order valence-electron chi connectivity index (χ0n) is 18.4. The molecule has 2 aromatic rings. The van der Waals surface area contributed by atoms with Crippen LogP contribution >= 0.6 is 34.5 Å². The van der Waals surface area contributed by atoms with Crippen LogP contribution in [-0.2, 0) is 10.2 Å². The SMILES string of the molecule is O=C(CCNC(=O)N1CCC2(C1)CN(C(=O)Nc1ncc(Cl)s1)c1ccc(Cl)cc12)N1CCC1. The number of hydrogen-bond acceptors (Lipinski definition) is 5. The van der Waals surface area contributed by atoms with Gasteiger partial charge in [-0.25, -0.2) is 14.6 Å². The number of amides is 5. The number of benzene rings is 1. The van der Waals surface area contributed by atoms with Gasteiger partial charge in [0.05, 0.1) is 6.20 Å². The number of carbonyl (C=O) groups is 3. The highest BCUT2D eigenvalue weighted by Crippen LogP contribution is 2.47. The first kappa shape index (κ1) is 23.2. The fraction of sp³-hybridized carbons (Fsp3) is 0.455. The van der Waals surface area contributed by atoms with Crippen LogP contribution in [0.1, 0.15) is 24.8 Å². The van der Waals surface area contributed by atoms with E-state index < -0.39 is 5.41 Å². The van der Waals surface area contributed by atoms with E-state index in [0.717, 1.165) is 30.8 Å². The minimum Gasteiger partial charge on any atom is -0.343 e. The molecule has 2 N–H and O–H groups in total. The van der Waals surface area contributed by atoms with Gasteiger partial charge in [-0.1, -0.05) is 34.5 Å². The van der Waals surface area contributed by atoms with Crippen molar-refractivity contribution >= 4 is 63.3 Å². The van der Waals surface area contributed by atoms with Crippen molar-refractivity contribution in [1.29, 1.82) is 0 Å². The van der Waals surface area contributed by atoms with Gasteiger partial charge in [-0.3, -0.25) is 15.0 Å². The van der Waals surface area contributed by atoms with Crippen molar-refractivity contribution in [2.24, 2.45) is 0 Å². The first-order valence-electron chi connectivity index (χ1n) is 11.2. The molecular weight excluding hydrogens is 499 g/mol. The lowest BCUT2D eigenvalue weighted by Crippen LogP contribution is -2.45. The van der Waals surface area contributed by atoms with Crippen LogP contribution in [0.25, 0.3) is 0 Å². The average Bonchev–Trinajstić information content (AvgIpc) is 3.45. The quantitative estimate of drug-likeness (QED) is 0.638. The molecule has 12 heteroatoms. The highest BCUT2D eigenvalue weighted by Gasteiger charge is 2.50. The second kappa shape index (κ2) is 9.24. The smallest absolute Gasteiger partial charge is 0.328 e. The summed E-state index contributed by atoms with van der Waals surface area (Å²) < 4.78 is 0.490. The Morgan fingerprint density at radius 2 is 1.91 bits per heavy atom. The van der Waals surface area contributed by atoms with E-state index in [1.54, 1.807) is 20.8 Å². The zero-order valence-corrected chi connectivity index (χ0v) is 20.7. The number of halogens is 2. The lowest BCUT2D eigenvalue weighted by Gasteiger charge is -2.31. The minimum atomic E-state index is -0.414. The topological polar surface area (TPSA) is 97.9 Å². The molecular formula is C22H24Cl2N6O3S. The lowest BCUT2D eigenvalue weighted by molar-refractivity contribution is -0.134. The van der Waals surface area contributed by atoms with Crippen LogP contribution in [0.3, 0.4) is 0 Å². The highest BCUT2D eigenvalue weighted by atomic mass is 35.5. The van der Waals surface area contributed by atoms with Crippen molar-refractivity contribution in [3.05, 3.63) is 39.3 Å². The van der Waals surface area contributed by atoms with E-state index in [-0.39, 0.29) is 18.0 Å². The van der Waals surface area contributed by atoms with Gasteiger partial charge in [-0.05, 0) is 36.6 Å². The van der Waals surface area contributed by atoms with E-state index in [0.29, 0.717) is 53.5 Å². The summed E-state index contributed by atoms with van der Waals surface area (Å²) in [5.74, 6) is 0.0759. The molecule has 9 nitrogen and oxygen atoms in total. The number of rotatable bonds is 4. The number of nitrogens with one attached hydrogen (secondary N) is 2. The molecule has 1 spiro atoms. The molecule has 180 valence electrons. The number of aromatic nitrogens is 1. The summed E-state index contributed by atoms with van der Waals surface area (Å²) in [4.78, 5) is 47.3. The van der Waals surface area contributed by atoms with Crippen LogP contribution in [0.5, 0.6) is 0 Å². The van der Waals surface area contributed by atoms with Crippen LogP contribution in [0.4, 0.5) is 20.4 Å². The Balaban J connectivity index is 1.26. The van der Waals surface area contributed by atoms with E-state index in [1.165, 1.54) is 17.5 Å². The van der Waals surface area contributed by atoms with Gasteiger partial charge in [0, 0.05) is 61.8 Å². The molecule has 0 bridgehead atoms. The molecule has 1 aromatic carbocycles. The lowest BCUT2D eigenvalue weighted by atomic mass is 9.81. The number of likely N-dealkylation sites (tertiary alicyclic amines) is 2. The Labute approximate surface area is 211 Å². The molecule has 1 aromatic heterocycles. The van der Waals surface area contributed by atoms with Gasteiger partial charge in [-0.2, -0.15) is 0 Å². The monoisotopic (exact) mass is 522 g/mol. The van der Waals surface area contributed by atoms with E-state index in [1.807, 2.05) is 12.1 Å². The third-order valence-electron chi connectivity index (χ3n) is 6.68. The van der Waals surface area contributed by atoms with Gasteiger partial charge in [0.25, 0.3) is 0 Å². The van der Waals surface area contributed by atoms with Crippen LogP contribution in [0.15, 0.2) is 24.4 Å². The second-order valence-corrected chi connectivity index (χ2v) is 10.9. The van der Waals surface area contributed by atoms with Gasteiger partial charge in [0.15, 0.2) is 5.13 Å². The normalized spacial score (nSPS) is 20.9. The maximum absolute atomic E-state index is 13.1. The minimum absolute atomic E-state index is 0.0759. The van der Waals surface area contributed by atoms with Crippen molar-refractivity contribution in [3.63, 3.8) is 0 Å². The number of thiazole rings is 1. The summed E-state index contributed by atoms with van der Waals surface area (Å²) in [6.07, 6.45) is 3.54. The van der Waals surface area contributed by atoms with Crippen molar-refractivity contribution < 1.29 is 14.4 Å². The van der Waals surface area contributed by atoms with E-state index >= 15 is 0 Å². The second-order valence-electron chi connectivity index (χ2n) is 8.82. The third kappa shape index (κ3) is 4.42. The summed E-state index contributed by atoms with van der Waals surface area (Å²) >= 11 is 13.4. The zero-order chi connectivity index (χ0) is 23.9. The first-order valence-corrected chi connectivity index (χ1v) is 12.7. The summed E-state index contributed by atoms with van der Waals surface area (Å²) in [5, 5.41) is 6.68. The molecule has 0 saturated carbocycles. The fourth-order valence-corrected chi connectivity index (χ4v) is 5.77. The van der Waals surface area contributed by atoms with Crippen LogP contribution in [0.2, 0.25) is 9.36 Å². The average molecular weight is 523 g/mol. The maximum Gasteiger partial charge on any atom is 0.328 e. The molecule has 5 amide bonds. The number of fused-ring (bicyclic) bond motifs is 2. The summed E-state index contributed by atoms with van der Waals surface area (Å²) in [6.45, 7) is 3.36. The van der Waals surface area contributed by atoms with Gasteiger partial charge in [-0.15, -0.1) is 0 Å². The van der Waals surface area contributed by atoms with Crippen LogP contribution in [0, 0.1) is 0 Å².